The molecule has 0 radical (unpaired) electrons. The average Bonchev–Trinajstić information content (AvgIpc) is 3.01. The fourth-order valence-electron chi connectivity index (χ4n) is 3.71. The van der Waals surface area contributed by atoms with Crippen molar-refractivity contribution >= 4 is 0 Å². The molecule has 146 valence electrons. The Bertz CT molecular complexity index is 926. The van der Waals surface area contributed by atoms with Gasteiger partial charge in [-0.15, -0.1) is 10.2 Å². The lowest BCUT2D eigenvalue weighted by molar-refractivity contribution is 0.266. The summed E-state index contributed by atoms with van der Waals surface area (Å²) < 4.78 is 21.7. The number of methoxy groups -OCH3 is 1. The fourth-order valence-corrected chi connectivity index (χ4v) is 3.71. The van der Waals surface area contributed by atoms with Crippen LogP contribution in [0.5, 0.6) is 5.75 Å². The van der Waals surface area contributed by atoms with Crippen molar-refractivity contribution in [3.8, 4) is 5.75 Å². The van der Waals surface area contributed by atoms with Gasteiger partial charge in [-0.05, 0) is 30.2 Å². The minimum absolute atomic E-state index is 0.187. The van der Waals surface area contributed by atoms with Crippen molar-refractivity contribution in [2.24, 2.45) is 0 Å². The molecule has 0 atom stereocenters. The number of halogens is 1. The number of ether oxygens (including phenoxy) is 1. The lowest BCUT2D eigenvalue weighted by atomic mass is 10.1. The first kappa shape index (κ1) is 18.6. The van der Waals surface area contributed by atoms with Gasteiger partial charge in [0, 0.05) is 44.6 Å². The van der Waals surface area contributed by atoms with Crippen molar-refractivity contribution in [3.05, 3.63) is 77.1 Å². The van der Waals surface area contributed by atoms with Gasteiger partial charge in [0.15, 0.2) is 0 Å². The Morgan fingerprint density at radius 1 is 1.00 bits per heavy atom. The predicted molar refractivity (Wildman–Crippen MR) is 106 cm³/mol. The summed E-state index contributed by atoms with van der Waals surface area (Å²) in [5.74, 6) is 2.56. The Balaban J connectivity index is 1.41. The molecule has 0 saturated carbocycles. The Kier molecular flexibility index (Phi) is 5.67. The molecule has 0 bridgehead atoms. The largest absolute Gasteiger partial charge is 0.497 e. The van der Waals surface area contributed by atoms with Crippen LogP contribution in [0.4, 0.5) is 4.39 Å². The van der Waals surface area contributed by atoms with E-state index in [1.54, 1.807) is 19.2 Å². The van der Waals surface area contributed by atoms with E-state index >= 15 is 0 Å². The molecule has 2 aromatic carbocycles. The van der Waals surface area contributed by atoms with Gasteiger partial charge in [0.1, 0.15) is 23.2 Å². The number of nitrogens with zero attached hydrogens (tertiary/aromatic N) is 4. The first-order valence-corrected chi connectivity index (χ1v) is 9.72. The van der Waals surface area contributed by atoms with E-state index in [1.807, 2.05) is 6.07 Å². The topological polar surface area (TPSA) is 43.2 Å². The van der Waals surface area contributed by atoms with E-state index in [9.17, 15) is 4.39 Å². The monoisotopic (exact) mass is 380 g/mol. The Morgan fingerprint density at radius 3 is 2.68 bits per heavy atom. The highest BCUT2D eigenvalue weighted by atomic mass is 19.1. The number of fused-ring (bicyclic) bond motifs is 1. The standard InChI is InChI=1S/C22H25FN4O/c1-28-19-8-9-20(23)18(15-19)16-26-12-11-22-25-24-21(27(22)14-13-26)10-7-17-5-3-2-4-6-17/h2-6,8-9,15H,7,10-14,16H2,1H3. The van der Waals surface area contributed by atoms with Crippen LogP contribution in [-0.2, 0) is 32.4 Å². The summed E-state index contributed by atoms with van der Waals surface area (Å²) in [5, 5.41) is 8.83. The normalized spacial score (nSPS) is 14.5. The summed E-state index contributed by atoms with van der Waals surface area (Å²) in [6.07, 6.45) is 2.66. The third-order valence-corrected chi connectivity index (χ3v) is 5.32. The minimum atomic E-state index is -0.187. The molecule has 1 aliphatic heterocycles. The summed E-state index contributed by atoms with van der Waals surface area (Å²) in [5.41, 5.74) is 1.98. The Morgan fingerprint density at radius 2 is 1.86 bits per heavy atom. The quantitative estimate of drug-likeness (QED) is 0.658. The Hall–Kier alpha value is -2.73. The summed E-state index contributed by atoms with van der Waals surface area (Å²) in [6.45, 7) is 3.09. The molecule has 4 rings (SSSR count). The molecule has 0 unspecified atom stereocenters. The smallest absolute Gasteiger partial charge is 0.134 e. The van der Waals surface area contributed by atoms with Crippen LogP contribution in [0.25, 0.3) is 0 Å². The van der Waals surface area contributed by atoms with Gasteiger partial charge in [0.25, 0.3) is 0 Å². The molecule has 3 aromatic rings. The van der Waals surface area contributed by atoms with E-state index in [2.05, 4.69) is 43.9 Å². The van der Waals surface area contributed by atoms with Gasteiger partial charge in [-0.1, -0.05) is 30.3 Å². The van der Waals surface area contributed by atoms with Crippen LogP contribution in [0.3, 0.4) is 0 Å². The zero-order valence-corrected chi connectivity index (χ0v) is 16.1. The molecule has 0 spiro atoms. The second-order valence-electron chi connectivity index (χ2n) is 7.15. The fraction of sp³-hybridized carbons (Fsp3) is 0.364. The maximum atomic E-state index is 14.2. The predicted octanol–water partition coefficient (Wildman–Crippen LogP) is 3.27. The zero-order valence-electron chi connectivity index (χ0n) is 16.1. The first-order chi connectivity index (χ1) is 13.7. The summed E-state index contributed by atoms with van der Waals surface area (Å²) in [6, 6.07) is 15.4. The molecule has 1 aromatic heterocycles. The van der Waals surface area contributed by atoms with Gasteiger partial charge in [0.2, 0.25) is 0 Å². The van der Waals surface area contributed by atoms with Crippen LogP contribution in [0.2, 0.25) is 0 Å². The highest BCUT2D eigenvalue weighted by Crippen LogP contribution is 2.20. The number of benzene rings is 2. The maximum Gasteiger partial charge on any atom is 0.134 e. The molecule has 0 N–H and O–H groups in total. The van der Waals surface area contributed by atoms with Gasteiger partial charge in [-0.2, -0.15) is 0 Å². The third kappa shape index (κ3) is 4.22. The lowest BCUT2D eigenvalue weighted by Crippen LogP contribution is -2.27. The van der Waals surface area contributed by atoms with Crippen LogP contribution in [0, 0.1) is 5.82 Å². The van der Waals surface area contributed by atoms with Crippen LogP contribution in [0.15, 0.2) is 48.5 Å². The van der Waals surface area contributed by atoms with Crippen LogP contribution < -0.4 is 4.74 Å². The molecule has 28 heavy (non-hydrogen) atoms. The zero-order chi connectivity index (χ0) is 19.3. The van der Waals surface area contributed by atoms with E-state index in [0.29, 0.717) is 17.9 Å². The molecular weight excluding hydrogens is 355 g/mol. The van der Waals surface area contributed by atoms with Crippen molar-refractivity contribution < 1.29 is 9.13 Å². The van der Waals surface area contributed by atoms with Gasteiger partial charge in [-0.3, -0.25) is 4.90 Å². The Labute approximate surface area is 164 Å². The van der Waals surface area contributed by atoms with Crippen molar-refractivity contribution in [2.75, 3.05) is 20.2 Å². The van der Waals surface area contributed by atoms with E-state index in [0.717, 1.165) is 50.5 Å². The minimum Gasteiger partial charge on any atom is -0.497 e. The molecule has 5 nitrogen and oxygen atoms in total. The number of aryl methyl sites for hydroxylation is 2. The van der Waals surface area contributed by atoms with Crippen LogP contribution in [0.1, 0.15) is 22.8 Å². The number of rotatable bonds is 6. The average molecular weight is 380 g/mol. The second kappa shape index (κ2) is 8.52. The molecule has 0 saturated heterocycles. The molecular formula is C22H25FN4O. The van der Waals surface area contributed by atoms with E-state index in [1.165, 1.54) is 11.6 Å². The van der Waals surface area contributed by atoms with Crippen molar-refractivity contribution in [1.29, 1.82) is 0 Å². The van der Waals surface area contributed by atoms with Gasteiger partial charge in [0.05, 0.1) is 7.11 Å². The molecule has 0 aliphatic carbocycles. The number of hydrogen-bond donors (Lipinski definition) is 0. The van der Waals surface area contributed by atoms with Gasteiger partial charge >= 0.3 is 0 Å². The van der Waals surface area contributed by atoms with Gasteiger partial charge < -0.3 is 9.30 Å². The van der Waals surface area contributed by atoms with Crippen molar-refractivity contribution in [3.63, 3.8) is 0 Å². The van der Waals surface area contributed by atoms with Crippen molar-refractivity contribution in [2.45, 2.75) is 32.4 Å². The highest BCUT2D eigenvalue weighted by Gasteiger charge is 2.19. The van der Waals surface area contributed by atoms with Gasteiger partial charge in [-0.25, -0.2) is 4.39 Å². The third-order valence-electron chi connectivity index (χ3n) is 5.32. The lowest BCUT2D eigenvalue weighted by Gasteiger charge is -2.20. The number of aromatic nitrogens is 3. The molecule has 1 aliphatic rings. The SMILES string of the molecule is COc1ccc(F)c(CN2CCc3nnc(CCc4ccccc4)n3CC2)c1. The molecule has 6 heteroatoms. The van der Waals surface area contributed by atoms with Crippen molar-refractivity contribution in [1.82, 2.24) is 19.7 Å². The second-order valence-corrected chi connectivity index (χ2v) is 7.15. The maximum absolute atomic E-state index is 14.2. The van der Waals surface area contributed by atoms with Crippen LogP contribution >= 0.6 is 0 Å². The number of hydrogen-bond acceptors (Lipinski definition) is 4. The highest BCUT2D eigenvalue weighted by molar-refractivity contribution is 5.29. The van der Waals surface area contributed by atoms with E-state index < -0.39 is 0 Å². The van der Waals surface area contributed by atoms with E-state index in [-0.39, 0.29) is 5.82 Å². The molecule has 0 amide bonds. The molecule has 0 fully saturated rings. The molecule has 2 heterocycles. The summed E-state index contributed by atoms with van der Waals surface area (Å²) in [4.78, 5) is 2.27. The first-order valence-electron chi connectivity index (χ1n) is 9.72. The van der Waals surface area contributed by atoms with E-state index in [4.69, 9.17) is 4.74 Å². The summed E-state index contributed by atoms with van der Waals surface area (Å²) in [7, 11) is 1.60. The summed E-state index contributed by atoms with van der Waals surface area (Å²) >= 11 is 0. The van der Waals surface area contributed by atoms with Crippen LogP contribution in [-0.4, -0.2) is 39.9 Å².